The number of hydrogen-bond donors (Lipinski definition) is 1. The second-order valence-electron chi connectivity index (χ2n) is 6.29. The number of amides is 2. The Hall–Kier alpha value is -1.36. The topological polar surface area (TPSA) is 49.4 Å². The highest BCUT2D eigenvalue weighted by molar-refractivity contribution is 7.12. The summed E-state index contributed by atoms with van der Waals surface area (Å²) >= 11 is 1.46. The van der Waals surface area contributed by atoms with Crippen molar-refractivity contribution in [2.45, 2.75) is 45.6 Å². The number of carbonyl (C=O) groups excluding carboxylic acids is 2. The summed E-state index contributed by atoms with van der Waals surface area (Å²) in [5.74, 6) is 0.0382. The highest BCUT2D eigenvalue weighted by Crippen LogP contribution is 2.21. The first kappa shape index (κ1) is 16.0. The quantitative estimate of drug-likeness (QED) is 0.930. The third kappa shape index (κ3) is 4.06. The maximum atomic E-state index is 12.4. The molecular weight excluding hydrogens is 284 g/mol. The van der Waals surface area contributed by atoms with E-state index in [4.69, 9.17) is 0 Å². The molecule has 1 aromatic heterocycles. The zero-order chi connectivity index (χ0) is 15.5. The Bertz CT molecular complexity index is 496. The first-order chi connectivity index (χ1) is 9.93. The van der Waals surface area contributed by atoms with Gasteiger partial charge in [-0.05, 0) is 44.6 Å². The summed E-state index contributed by atoms with van der Waals surface area (Å²) in [5.41, 5.74) is -0.183. The lowest BCUT2D eigenvalue weighted by Crippen LogP contribution is -2.50. The third-order valence-corrected chi connectivity index (χ3v) is 5.01. The Morgan fingerprint density at radius 2 is 2.24 bits per heavy atom. The largest absolute Gasteiger partial charge is 0.351 e. The summed E-state index contributed by atoms with van der Waals surface area (Å²) < 4.78 is 0. The van der Waals surface area contributed by atoms with Crippen LogP contribution in [0.25, 0.3) is 0 Å². The summed E-state index contributed by atoms with van der Waals surface area (Å²) in [6.45, 7) is 7.40. The van der Waals surface area contributed by atoms with Gasteiger partial charge in [-0.25, -0.2) is 0 Å². The van der Waals surface area contributed by atoms with Crippen LogP contribution in [0.2, 0.25) is 0 Å². The van der Waals surface area contributed by atoms with E-state index in [1.165, 1.54) is 11.3 Å². The summed E-state index contributed by atoms with van der Waals surface area (Å²) in [5, 5.41) is 5.00. The van der Waals surface area contributed by atoms with Crippen molar-refractivity contribution in [1.82, 2.24) is 10.2 Å². The molecule has 0 radical (unpaired) electrons. The van der Waals surface area contributed by atoms with Crippen LogP contribution in [-0.2, 0) is 4.79 Å². The van der Waals surface area contributed by atoms with Crippen LogP contribution in [0.1, 0.15) is 49.7 Å². The van der Waals surface area contributed by atoms with Gasteiger partial charge in [0.15, 0.2) is 0 Å². The number of piperidine rings is 1. The number of hydrogen-bond acceptors (Lipinski definition) is 3. The van der Waals surface area contributed by atoms with Gasteiger partial charge in [-0.2, -0.15) is 0 Å². The molecule has 0 saturated carbocycles. The first-order valence-corrected chi connectivity index (χ1v) is 8.45. The predicted molar refractivity (Wildman–Crippen MR) is 85.5 cm³/mol. The molecule has 1 fully saturated rings. The molecule has 1 aliphatic rings. The van der Waals surface area contributed by atoms with Crippen LogP contribution in [-0.4, -0.2) is 35.3 Å². The van der Waals surface area contributed by atoms with Gasteiger partial charge < -0.3 is 10.2 Å². The zero-order valence-electron chi connectivity index (χ0n) is 13.0. The van der Waals surface area contributed by atoms with Gasteiger partial charge in [0.2, 0.25) is 5.91 Å². The van der Waals surface area contributed by atoms with E-state index >= 15 is 0 Å². The molecule has 2 heterocycles. The van der Waals surface area contributed by atoms with E-state index < -0.39 is 0 Å². The van der Waals surface area contributed by atoms with Crippen LogP contribution in [0.5, 0.6) is 0 Å². The molecule has 1 aromatic rings. The minimum Gasteiger partial charge on any atom is -0.351 e. The van der Waals surface area contributed by atoms with Crippen LogP contribution >= 0.6 is 11.3 Å². The van der Waals surface area contributed by atoms with Crippen LogP contribution in [0.3, 0.4) is 0 Å². The average Bonchev–Trinajstić information content (AvgIpc) is 3.00. The molecule has 1 saturated heterocycles. The lowest BCUT2D eigenvalue weighted by Gasteiger charge is -2.34. The van der Waals surface area contributed by atoms with Gasteiger partial charge in [-0.1, -0.05) is 13.0 Å². The van der Waals surface area contributed by atoms with E-state index in [2.05, 4.69) is 12.2 Å². The lowest BCUT2D eigenvalue weighted by molar-refractivity contribution is -0.128. The summed E-state index contributed by atoms with van der Waals surface area (Å²) in [7, 11) is 0. The number of thiophene rings is 1. The SMILES string of the molecule is CCC(C)(C)NC(=O)C1CCCN(C(=O)c2cccs2)C1. The summed E-state index contributed by atoms with van der Waals surface area (Å²) in [4.78, 5) is 27.3. The van der Waals surface area contributed by atoms with Gasteiger partial charge in [-0.3, -0.25) is 9.59 Å². The Labute approximate surface area is 130 Å². The zero-order valence-corrected chi connectivity index (χ0v) is 13.8. The number of likely N-dealkylation sites (tertiary alicyclic amines) is 1. The normalized spacial score (nSPS) is 19.4. The molecule has 4 nitrogen and oxygen atoms in total. The van der Waals surface area contributed by atoms with Crippen molar-refractivity contribution in [3.8, 4) is 0 Å². The molecule has 0 aliphatic carbocycles. The molecule has 1 unspecified atom stereocenters. The molecule has 116 valence electrons. The standard InChI is InChI=1S/C16H24N2O2S/c1-4-16(2,3)17-14(19)12-7-5-9-18(11-12)15(20)13-8-6-10-21-13/h6,8,10,12H,4-5,7,9,11H2,1-3H3,(H,17,19). The molecule has 0 bridgehead atoms. The van der Waals surface area contributed by atoms with Gasteiger partial charge in [0, 0.05) is 18.6 Å². The van der Waals surface area contributed by atoms with Crippen molar-refractivity contribution in [3.63, 3.8) is 0 Å². The Morgan fingerprint density at radius 3 is 2.86 bits per heavy atom. The summed E-state index contributed by atoms with van der Waals surface area (Å²) in [6, 6.07) is 3.73. The maximum Gasteiger partial charge on any atom is 0.263 e. The molecule has 1 atom stereocenters. The van der Waals surface area contributed by atoms with E-state index in [1.54, 1.807) is 0 Å². The molecule has 1 aliphatic heterocycles. The van der Waals surface area contributed by atoms with Crippen molar-refractivity contribution in [1.29, 1.82) is 0 Å². The highest BCUT2D eigenvalue weighted by atomic mass is 32.1. The second kappa shape index (κ2) is 6.60. The lowest BCUT2D eigenvalue weighted by atomic mass is 9.94. The van der Waals surface area contributed by atoms with Crippen molar-refractivity contribution in [2.24, 2.45) is 5.92 Å². The van der Waals surface area contributed by atoms with Crippen molar-refractivity contribution in [2.75, 3.05) is 13.1 Å². The minimum atomic E-state index is -0.183. The summed E-state index contributed by atoms with van der Waals surface area (Å²) in [6.07, 6.45) is 2.64. The van der Waals surface area contributed by atoms with Gasteiger partial charge >= 0.3 is 0 Å². The minimum absolute atomic E-state index is 0.0530. The smallest absolute Gasteiger partial charge is 0.263 e. The molecule has 5 heteroatoms. The van der Waals surface area contributed by atoms with Crippen LogP contribution in [0, 0.1) is 5.92 Å². The molecule has 2 rings (SSSR count). The van der Waals surface area contributed by atoms with E-state index in [9.17, 15) is 9.59 Å². The number of rotatable bonds is 4. The molecule has 1 N–H and O–H groups in total. The monoisotopic (exact) mass is 308 g/mol. The molecule has 21 heavy (non-hydrogen) atoms. The molecule has 0 spiro atoms. The van der Waals surface area contributed by atoms with Crippen molar-refractivity contribution < 1.29 is 9.59 Å². The maximum absolute atomic E-state index is 12.4. The van der Waals surface area contributed by atoms with Crippen LogP contribution < -0.4 is 5.32 Å². The van der Waals surface area contributed by atoms with Gasteiger partial charge in [0.1, 0.15) is 0 Å². The Balaban J connectivity index is 1.97. The van der Waals surface area contributed by atoms with E-state index in [0.29, 0.717) is 6.54 Å². The number of nitrogens with zero attached hydrogens (tertiary/aromatic N) is 1. The van der Waals surface area contributed by atoms with Crippen molar-refractivity contribution >= 4 is 23.2 Å². The van der Waals surface area contributed by atoms with Gasteiger partial charge in [0.25, 0.3) is 5.91 Å². The second-order valence-corrected chi connectivity index (χ2v) is 7.24. The number of carbonyl (C=O) groups is 2. The molecule has 0 aromatic carbocycles. The number of nitrogens with one attached hydrogen (secondary N) is 1. The van der Waals surface area contributed by atoms with Crippen LogP contribution in [0.15, 0.2) is 17.5 Å². The highest BCUT2D eigenvalue weighted by Gasteiger charge is 2.31. The fourth-order valence-corrected chi connectivity index (χ4v) is 3.15. The Kier molecular flexibility index (Phi) is 5.04. The van der Waals surface area contributed by atoms with Gasteiger partial charge in [-0.15, -0.1) is 11.3 Å². The van der Waals surface area contributed by atoms with E-state index in [-0.39, 0.29) is 23.3 Å². The van der Waals surface area contributed by atoms with E-state index in [1.807, 2.05) is 36.3 Å². The first-order valence-electron chi connectivity index (χ1n) is 7.58. The fraction of sp³-hybridized carbons (Fsp3) is 0.625. The predicted octanol–water partition coefficient (Wildman–Crippen LogP) is 2.91. The van der Waals surface area contributed by atoms with E-state index in [0.717, 1.165) is 30.7 Å². The van der Waals surface area contributed by atoms with Gasteiger partial charge in [0.05, 0.1) is 10.8 Å². The van der Waals surface area contributed by atoms with Crippen molar-refractivity contribution in [3.05, 3.63) is 22.4 Å². The van der Waals surface area contributed by atoms with Crippen LogP contribution in [0.4, 0.5) is 0 Å². The average molecular weight is 308 g/mol. The third-order valence-electron chi connectivity index (χ3n) is 4.16. The molecule has 2 amide bonds. The Morgan fingerprint density at radius 1 is 1.48 bits per heavy atom. The fourth-order valence-electron chi connectivity index (χ4n) is 2.46. The molecular formula is C16H24N2O2S.